The van der Waals surface area contributed by atoms with Gasteiger partial charge in [-0.15, -0.1) is 0 Å². The first-order valence-electron chi connectivity index (χ1n) is 17.5. The van der Waals surface area contributed by atoms with Gasteiger partial charge < -0.3 is 4.42 Å². The predicted octanol–water partition coefficient (Wildman–Crippen LogP) is 11.1. The molecule has 0 spiro atoms. The molecule has 0 bridgehead atoms. The van der Waals surface area contributed by atoms with Crippen LogP contribution in [0.4, 0.5) is 0 Å². The van der Waals surface area contributed by atoms with Gasteiger partial charge in [0.25, 0.3) is 0 Å². The van der Waals surface area contributed by atoms with Gasteiger partial charge >= 0.3 is 0 Å². The zero-order valence-corrected chi connectivity index (χ0v) is 31.3. The van der Waals surface area contributed by atoms with E-state index in [1.54, 1.807) is 0 Å². The normalized spacial score (nSPS) is 12.3. The number of nitrogens with zero attached hydrogens (tertiary/aromatic N) is 4. The summed E-state index contributed by atoms with van der Waals surface area (Å²) in [6.45, 7) is 21.7. The van der Waals surface area contributed by atoms with Crippen molar-refractivity contribution < 1.29 is 8.98 Å². The number of rotatable bonds is 4. The highest BCUT2D eigenvalue weighted by atomic mass is 16.3. The standard InChI is InChI=1S/C45H47N4O/c1-26-16-21-34-33-14-12-13-15-37(33)50-40(34)39(26)36-24-35(29(4)25-49(36)11)38-27(2)22-32(23-28(38)3)30-17-19-31(20-18-30)41-46-42(44(5,6)7)48-43(47-41)45(8,9)10/h12-25H,1-11H3/q+1. The van der Waals surface area contributed by atoms with Gasteiger partial charge in [-0.1, -0.05) is 108 Å². The van der Waals surface area contributed by atoms with Crippen LogP contribution >= 0.6 is 0 Å². The van der Waals surface area contributed by atoms with Crippen molar-refractivity contribution in [2.24, 2.45) is 7.05 Å². The van der Waals surface area contributed by atoms with Crippen LogP contribution < -0.4 is 4.57 Å². The summed E-state index contributed by atoms with van der Waals surface area (Å²) < 4.78 is 8.75. The van der Waals surface area contributed by atoms with E-state index in [1.807, 2.05) is 6.07 Å². The molecule has 0 saturated heterocycles. The van der Waals surface area contributed by atoms with Crippen molar-refractivity contribution in [3.05, 3.63) is 119 Å². The Morgan fingerprint density at radius 3 is 1.78 bits per heavy atom. The zero-order valence-electron chi connectivity index (χ0n) is 31.3. The number of benzene rings is 4. The molecule has 5 nitrogen and oxygen atoms in total. The minimum Gasteiger partial charge on any atom is -0.455 e. The maximum atomic E-state index is 6.52. The number of pyridine rings is 1. The lowest BCUT2D eigenvalue weighted by atomic mass is 9.88. The quantitative estimate of drug-likeness (QED) is 0.176. The minimum absolute atomic E-state index is 0.177. The number of hydrogen-bond acceptors (Lipinski definition) is 4. The van der Waals surface area contributed by atoms with E-state index in [0.29, 0.717) is 0 Å². The summed E-state index contributed by atoms with van der Waals surface area (Å²) in [5.41, 5.74) is 14.5. The van der Waals surface area contributed by atoms with Crippen LogP contribution in [0.3, 0.4) is 0 Å². The molecule has 3 aromatic heterocycles. The Morgan fingerprint density at radius 1 is 0.560 bits per heavy atom. The summed E-state index contributed by atoms with van der Waals surface area (Å²) in [7, 11) is 2.13. The topological polar surface area (TPSA) is 55.7 Å². The molecule has 7 rings (SSSR count). The van der Waals surface area contributed by atoms with Gasteiger partial charge in [0.1, 0.15) is 29.9 Å². The number of fused-ring (bicyclic) bond motifs is 3. The van der Waals surface area contributed by atoms with Crippen molar-refractivity contribution in [2.75, 3.05) is 0 Å². The number of aryl methyl sites for hydroxylation is 5. The lowest BCUT2D eigenvalue weighted by Gasteiger charge is -2.22. The van der Waals surface area contributed by atoms with E-state index in [4.69, 9.17) is 19.4 Å². The summed E-state index contributed by atoms with van der Waals surface area (Å²) in [4.78, 5) is 14.7. The van der Waals surface area contributed by atoms with Crippen LogP contribution in [-0.4, -0.2) is 15.0 Å². The van der Waals surface area contributed by atoms with Gasteiger partial charge in [0, 0.05) is 38.8 Å². The molecule has 7 aromatic rings. The molecule has 0 N–H and O–H groups in total. The fraction of sp³-hybridized carbons (Fsp3) is 0.289. The van der Waals surface area contributed by atoms with E-state index in [-0.39, 0.29) is 10.8 Å². The van der Waals surface area contributed by atoms with Gasteiger partial charge in [-0.25, -0.2) is 19.5 Å². The van der Waals surface area contributed by atoms with E-state index < -0.39 is 0 Å². The summed E-state index contributed by atoms with van der Waals surface area (Å²) in [6.07, 6.45) is 2.24. The van der Waals surface area contributed by atoms with Crippen molar-refractivity contribution >= 4 is 21.9 Å². The van der Waals surface area contributed by atoms with E-state index in [1.165, 1.54) is 38.9 Å². The monoisotopic (exact) mass is 659 g/mol. The van der Waals surface area contributed by atoms with Gasteiger partial charge in [-0.05, 0) is 72.7 Å². The maximum Gasteiger partial charge on any atom is 0.216 e. The van der Waals surface area contributed by atoms with Gasteiger partial charge in [-0.3, -0.25) is 0 Å². The van der Waals surface area contributed by atoms with Crippen LogP contribution in [0.25, 0.3) is 66.8 Å². The first kappa shape index (κ1) is 33.3. The van der Waals surface area contributed by atoms with Gasteiger partial charge in [0.15, 0.2) is 12.0 Å². The SMILES string of the molecule is Cc1c[n+](C)c(-c2c(C)ccc3c2oc2ccccc23)cc1-c1c(C)cc(-c2ccc(-c3nc(C(C)(C)C)nc(C(C)(C)C)n3)cc2)cc1C. The fourth-order valence-electron chi connectivity index (χ4n) is 7.05. The molecule has 0 aliphatic carbocycles. The molecule has 3 heterocycles. The molecule has 0 radical (unpaired) electrons. The van der Waals surface area contributed by atoms with Crippen LogP contribution in [0, 0.1) is 27.7 Å². The van der Waals surface area contributed by atoms with Crippen LogP contribution in [0.15, 0.2) is 89.5 Å². The highest BCUT2D eigenvalue weighted by Crippen LogP contribution is 2.40. The lowest BCUT2D eigenvalue weighted by Crippen LogP contribution is -2.31. The zero-order chi connectivity index (χ0) is 35.7. The van der Waals surface area contributed by atoms with E-state index in [0.717, 1.165) is 61.8 Å². The summed E-state index contributed by atoms with van der Waals surface area (Å²) in [6, 6.07) is 28.3. The van der Waals surface area contributed by atoms with Crippen LogP contribution in [-0.2, 0) is 17.9 Å². The Kier molecular flexibility index (Phi) is 8.01. The summed E-state index contributed by atoms with van der Waals surface area (Å²) >= 11 is 0. The molecule has 0 fully saturated rings. The molecule has 0 aliphatic heterocycles. The lowest BCUT2D eigenvalue weighted by molar-refractivity contribution is -0.660. The first-order valence-corrected chi connectivity index (χ1v) is 17.5. The Balaban J connectivity index is 1.28. The van der Waals surface area contributed by atoms with Crippen molar-refractivity contribution in [2.45, 2.75) is 80.1 Å². The minimum atomic E-state index is -0.177. The molecule has 50 heavy (non-hydrogen) atoms. The molecule has 4 aromatic carbocycles. The molecule has 0 aliphatic rings. The van der Waals surface area contributed by atoms with Gasteiger partial charge in [-0.2, -0.15) is 0 Å². The molecular weight excluding hydrogens is 613 g/mol. The molecule has 252 valence electrons. The number of hydrogen-bond donors (Lipinski definition) is 0. The number of para-hydroxylation sites is 1. The van der Waals surface area contributed by atoms with Gasteiger partial charge in [0.2, 0.25) is 5.69 Å². The highest BCUT2D eigenvalue weighted by Gasteiger charge is 2.26. The average Bonchev–Trinajstić information content (AvgIpc) is 3.43. The third-order valence-corrected chi connectivity index (χ3v) is 9.74. The van der Waals surface area contributed by atoms with Crippen molar-refractivity contribution in [3.8, 4) is 44.9 Å². The Hall–Kier alpha value is -5.16. The third kappa shape index (κ3) is 5.89. The number of furan rings is 1. The molecule has 0 unspecified atom stereocenters. The molecular formula is C45H47N4O+. The molecule has 0 atom stereocenters. The second-order valence-electron chi connectivity index (χ2n) is 16.0. The largest absolute Gasteiger partial charge is 0.455 e. The number of aromatic nitrogens is 4. The molecule has 0 amide bonds. The smallest absolute Gasteiger partial charge is 0.216 e. The third-order valence-electron chi connectivity index (χ3n) is 9.74. The summed E-state index contributed by atoms with van der Waals surface area (Å²) in [5.74, 6) is 2.35. The Morgan fingerprint density at radius 2 is 1.16 bits per heavy atom. The first-order chi connectivity index (χ1) is 23.6. The highest BCUT2D eigenvalue weighted by molar-refractivity contribution is 6.09. The van der Waals surface area contributed by atoms with E-state index in [9.17, 15) is 0 Å². The Bertz CT molecular complexity index is 2380. The molecule has 5 heteroatoms. The van der Waals surface area contributed by atoms with Crippen molar-refractivity contribution in [3.63, 3.8) is 0 Å². The van der Waals surface area contributed by atoms with Crippen LogP contribution in [0.5, 0.6) is 0 Å². The average molecular weight is 660 g/mol. The van der Waals surface area contributed by atoms with Crippen molar-refractivity contribution in [1.82, 2.24) is 15.0 Å². The predicted molar refractivity (Wildman–Crippen MR) is 206 cm³/mol. The fourth-order valence-corrected chi connectivity index (χ4v) is 7.05. The van der Waals surface area contributed by atoms with Gasteiger partial charge in [0.05, 0.1) is 5.56 Å². The second kappa shape index (κ2) is 12.0. The van der Waals surface area contributed by atoms with E-state index in [2.05, 4.69) is 160 Å². The maximum absolute atomic E-state index is 6.52. The van der Waals surface area contributed by atoms with Crippen LogP contribution in [0.2, 0.25) is 0 Å². The summed E-state index contributed by atoms with van der Waals surface area (Å²) in [5, 5.41) is 2.29. The van der Waals surface area contributed by atoms with Crippen molar-refractivity contribution in [1.29, 1.82) is 0 Å². The van der Waals surface area contributed by atoms with Crippen LogP contribution in [0.1, 0.15) is 75.4 Å². The molecule has 0 saturated carbocycles. The Labute approximate surface area is 296 Å². The van der Waals surface area contributed by atoms with E-state index >= 15 is 0 Å². The second-order valence-corrected chi connectivity index (χ2v) is 16.0.